The fourth-order valence-electron chi connectivity index (χ4n) is 2.18. The average molecular weight is 331 g/mol. The third-order valence-corrected chi connectivity index (χ3v) is 3.50. The zero-order valence-corrected chi connectivity index (χ0v) is 13.4. The maximum absolute atomic E-state index is 12.9. The summed E-state index contributed by atoms with van der Waals surface area (Å²) in [6, 6.07) is 11.4. The minimum Gasteiger partial charge on any atom is -0.497 e. The van der Waals surface area contributed by atoms with Gasteiger partial charge in [-0.2, -0.15) is 0 Å². The number of hydrogen-bond acceptors (Lipinski definition) is 4. The first-order valence-corrected chi connectivity index (χ1v) is 7.30. The Hall–Kier alpha value is -2.89. The van der Waals surface area contributed by atoms with Crippen LogP contribution >= 0.6 is 0 Å². The Morgan fingerprint density at radius 3 is 2.21 bits per heavy atom. The van der Waals surface area contributed by atoms with E-state index >= 15 is 0 Å². The summed E-state index contributed by atoms with van der Waals surface area (Å²) in [5.41, 5.74) is 1.10. The van der Waals surface area contributed by atoms with Crippen LogP contribution in [0, 0.1) is 5.82 Å². The second kappa shape index (κ2) is 8.10. The molecule has 0 aliphatic carbocycles. The molecule has 24 heavy (non-hydrogen) atoms. The van der Waals surface area contributed by atoms with Gasteiger partial charge in [0.25, 0.3) is 5.91 Å². The van der Waals surface area contributed by atoms with Gasteiger partial charge in [-0.05, 0) is 42.0 Å². The third-order valence-electron chi connectivity index (χ3n) is 3.50. The lowest BCUT2D eigenvalue weighted by Crippen LogP contribution is -2.43. The van der Waals surface area contributed by atoms with Gasteiger partial charge in [0.1, 0.15) is 17.6 Å². The molecule has 0 spiro atoms. The van der Waals surface area contributed by atoms with E-state index in [1.54, 1.807) is 31.4 Å². The molecule has 0 bridgehead atoms. The third kappa shape index (κ3) is 4.55. The molecule has 0 aliphatic heterocycles. The molecule has 5 nitrogen and oxygen atoms in total. The van der Waals surface area contributed by atoms with Gasteiger partial charge in [-0.1, -0.05) is 12.1 Å². The van der Waals surface area contributed by atoms with E-state index in [1.807, 2.05) is 0 Å². The van der Waals surface area contributed by atoms with E-state index in [2.05, 4.69) is 5.32 Å². The largest absolute Gasteiger partial charge is 0.497 e. The van der Waals surface area contributed by atoms with Crippen molar-refractivity contribution >= 4 is 11.9 Å². The van der Waals surface area contributed by atoms with Crippen molar-refractivity contribution in [1.29, 1.82) is 0 Å². The molecule has 2 aromatic carbocycles. The summed E-state index contributed by atoms with van der Waals surface area (Å²) in [5.74, 6) is -0.766. The standard InChI is InChI=1S/C18H18FNO4/c1-23-15-9-3-12(4-10-15)11-16(18(22)24-2)20-17(21)13-5-7-14(19)8-6-13/h3-10,16H,11H2,1-2H3,(H,20,21)/t16-/m1/s1. The predicted molar refractivity (Wildman–Crippen MR) is 86.4 cm³/mol. The molecule has 0 heterocycles. The lowest BCUT2D eigenvalue weighted by molar-refractivity contribution is -0.142. The van der Waals surface area contributed by atoms with Crippen molar-refractivity contribution in [2.24, 2.45) is 0 Å². The predicted octanol–water partition coefficient (Wildman–Crippen LogP) is 2.35. The zero-order valence-electron chi connectivity index (χ0n) is 13.4. The minimum absolute atomic E-state index is 0.264. The Morgan fingerprint density at radius 1 is 1.04 bits per heavy atom. The fraction of sp³-hybridized carbons (Fsp3) is 0.222. The van der Waals surface area contributed by atoms with Crippen molar-refractivity contribution < 1.29 is 23.5 Å². The number of ether oxygens (including phenoxy) is 2. The summed E-state index contributed by atoms with van der Waals surface area (Å²) in [6.45, 7) is 0. The average Bonchev–Trinajstić information content (AvgIpc) is 2.61. The smallest absolute Gasteiger partial charge is 0.328 e. The monoisotopic (exact) mass is 331 g/mol. The minimum atomic E-state index is -0.846. The van der Waals surface area contributed by atoms with Crippen molar-refractivity contribution in [2.45, 2.75) is 12.5 Å². The van der Waals surface area contributed by atoms with Crippen molar-refractivity contribution in [3.63, 3.8) is 0 Å². The molecule has 6 heteroatoms. The molecule has 126 valence electrons. The van der Waals surface area contributed by atoms with E-state index in [4.69, 9.17) is 9.47 Å². The molecule has 0 radical (unpaired) electrons. The van der Waals surface area contributed by atoms with Crippen LogP contribution in [0.25, 0.3) is 0 Å². The Kier molecular flexibility index (Phi) is 5.89. The molecule has 0 saturated carbocycles. The SMILES string of the molecule is COC(=O)[C@@H](Cc1ccc(OC)cc1)NC(=O)c1ccc(F)cc1. The highest BCUT2D eigenvalue weighted by Crippen LogP contribution is 2.13. The van der Waals surface area contributed by atoms with Gasteiger partial charge in [0.15, 0.2) is 0 Å². The fourth-order valence-corrected chi connectivity index (χ4v) is 2.18. The van der Waals surface area contributed by atoms with E-state index < -0.39 is 23.7 Å². The van der Waals surface area contributed by atoms with Crippen LogP contribution in [-0.2, 0) is 16.0 Å². The zero-order chi connectivity index (χ0) is 17.5. The molecule has 0 aromatic heterocycles. The van der Waals surface area contributed by atoms with E-state index in [9.17, 15) is 14.0 Å². The summed E-state index contributed by atoms with van der Waals surface area (Å²) in [6.07, 6.45) is 0.267. The first kappa shape index (κ1) is 17.5. The highest BCUT2D eigenvalue weighted by molar-refractivity contribution is 5.96. The number of esters is 1. The van der Waals surface area contributed by atoms with Gasteiger partial charge >= 0.3 is 5.97 Å². The molecule has 2 rings (SSSR count). The van der Waals surface area contributed by atoms with Crippen LogP contribution in [0.5, 0.6) is 5.75 Å². The first-order valence-electron chi connectivity index (χ1n) is 7.30. The van der Waals surface area contributed by atoms with Crippen molar-refractivity contribution in [1.82, 2.24) is 5.32 Å². The lowest BCUT2D eigenvalue weighted by Gasteiger charge is -2.17. The first-order chi connectivity index (χ1) is 11.5. The van der Waals surface area contributed by atoms with Crippen molar-refractivity contribution in [3.05, 3.63) is 65.5 Å². The van der Waals surface area contributed by atoms with Gasteiger partial charge in [-0.15, -0.1) is 0 Å². The van der Waals surface area contributed by atoms with Crippen LogP contribution in [0.1, 0.15) is 15.9 Å². The highest BCUT2D eigenvalue weighted by atomic mass is 19.1. The van der Waals surface area contributed by atoms with Crippen LogP contribution < -0.4 is 10.1 Å². The van der Waals surface area contributed by atoms with Gasteiger partial charge in [-0.3, -0.25) is 4.79 Å². The summed E-state index contributed by atoms with van der Waals surface area (Å²) >= 11 is 0. The van der Waals surface area contributed by atoms with Crippen LogP contribution in [0.15, 0.2) is 48.5 Å². The molecule has 1 atom stereocenters. The topological polar surface area (TPSA) is 64.6 Å². The summed E-state index contributed by atoms with van der Waals surface area (Å²) < 4.78 is 22.8. The van der Waals surface area contributed by atoms with Gasteiger partial charge < -0.3 is 14.8 Å². The van der Waals surface area contributed by atoms with E-state index in [0.717, 1.165) is 5.56 Å². The Labute approximate surface area is 139 Å². The number of nitrogens with one attached hydrogen (secondary N) is 1. The van der Waals surface area contributed by atoms with E-state index in [-0.39, 0.29) is 12.0 Å². The van der Waals surface area contributed by atoms with Crippen LogP contribution in [0.4, 0.5) is 4.39 Å². The van der Waals surface area contributed by atoms with Crippen molar-refractivity contribution in [3.8, 4) is 5.75 Å². The second-order valence-corrected chi connectivity index (χ2v) is 5.11. The molecular formula is C18H18FNO4. The molecule has 0 aliphatic rings. The maximum atomic E-state index is 12.9. The Bertz CT molecular complexity index is 698. The van der Waals surface area contributed by atoms with E-state index in [0.29, 0.717) is 5.75 Å². The molecule has 1 amide bonds. The van der Waals surface area contributed by atoms with Gasteiger partial charge in [0, 0.05) is 12.0 Å². The molecule has 0 unspecified atom stereocenters. The molecule has 0 fully saturated rings. The summed E-state index contributed by atoms with van der Waals surface area (Å²) in [4.78, 5) is 24.2. The summed E-state index contributed by atoms with van der Waals surface area (Å²) in [7, 11) is 2.82. The number of methoxy groups -OCH3 is 2. The number of rotatable bonds is 6. The van der Waals surface area contributed by atoms with Crippen molar-refractivity contribution in [2.75, 3.05) is 14.2 Å². The lowest BCUT2D eigenvalue weighted by atomic mass is 10.1. The molecular weight excluding hydrogens is 313 g/mol. The van der Waals surface area contributed by atoms with Gasteiger partial charge in [-0.25, -0.2) is 9.18 Å². The number of amides is 1. The maximum Gasteiger partial charge on any atom is 0.328 e. The van der Waals surface area contributed by atoms with Crippen LogP contribution in [0.3, 0.4) is 0 Å². The summed E-state index contributed by atoms with van der Waals surface area (Å²) in [5, 5.41) is 2.61. The van der Waals surface area contributed by atoms with E-state index in [1.165, 1.54) is 31.4 Å². The second-order valence-electron chi connectivity index (χ2n) is 5.11. The molecule has 0 saturated heterocycles. The van der Waals surface area contributed by atoms with Gasteiger partial charge in [0.05, 0.1) is 14.2 Å². The normalized spacial score (nSPS) is 11.5. The highest BCUT2D eigenvalue weighted by Gasteiger charge is 2.22. The van der Waals surface area contributed by atoms with Gasteiger partial charge in [0.2, 0.25) is 0 Å². The number of hydrogen-bond donors (Lipinski definition) is 1. The molecule has 2 aromatic rings. The number of carbonyl (C=O) groups excluding carboxylic acids is 2. The molecule has 1 N–H and O–H groups in total. The quantitative estimate of drug-likeness (QED) is 0.825. The van der Waals surface area contributed by atoms with Crippen LogP contribution in [0.2, 0.25) is 0 Å². The van der Waals surface area contributed by atoms with Crippen LogP contribution in [-0.4, -0.2) is 32.1 Å². The Balaban J connectivity index is 2.11. The number of benzene rings is 2. The number of carbonyl (C=O) groups is 2. The number of halogens is 1. The Morgan fingerprint density at radius 2 is 1.67 bits per heavy atom.